The quantitative estimate of drug-likeness (QED) is 0.235. The van der Waals surface area contributed by atoms with E-state index in [4.69, 9.17) is 13.9 Å². The normalized spacial score (nSPS) is 18.4. The molecule has 4 aromatic rings. The van der Waals surface area contributed by atoms with Gasteiger partial charge in [0, 0.05) is 28.1 Å². The molecule has 0 fully saturated rings. The zero-order chi connectivity index (χ0) is 24.5. The van der Waals surface area contributed by atoms with E-state index < -0.39 is 5.79 Å². The maximum Gasteiger partial charge on any atom is 0.305 e. The molecule has 0 bridgehead atoms. The van der Waals surface area contributed by atoms with Crippen LogP contribution in [0.2, 0.25) is 0 Å². The Labute approximate surface area is 218 Å². The minimum atomic E-state index is -1.14. The summed E-state index contributed by atoms with van der Waals surface area (Å²) in [5.41, 5.74) is 4.19. The van der Waals surface area contributed by atoms with Gasteiger partial charge in [-0.15, -0.1) is 0 Å². The molecule has 0 radical (unpaired) electrons. The molecule has 4 nitrogen and oxygen atoms in total. The third kappa shape index (κ3) is 3.97. The van der Waals surface area contributed by atoms with Crippen LogP contribution >= 0.6 is 15.9 Å². The number of aryl methyl sites for hydroxylation is 1. The fourth-order valence-corrected chi connectivity index (χ4v) is 5.12. The van der Waals surface area contributed by atoms with Gasteiger partial charge in [-0.2, -0.15) is 0 Å². The van der Waals surface area contributed by atoms with Gasteiger partial charge in [-0.25, -0.2) is 0 Å². The van der Waals surface area contributed by atoms with E-state index >= 15 is 0 Å². The van der Waals surface area contributed by atoms with Gasteiger partial charge in [-0.05, 0) is 43.4 Å². The molecule has 36 heavy (non-hydrogen) atoms. The van der Waals surface area contributed by atoms with Crippen molar-refractivity contribution in [1.29, 1.82) is 0 Å². The number of benzene rings is 3. The molecule has 2 aliphatic rings. The largest absolute Gasteiger partial charge is 0.452 e. The molecule has 0 spiro atoms. The summed E-state index contributed by atoms with van der Waals surface area (Å²) >= 11 is 3.48. The SMILES string of the molecule is O=c1cc(-c2ccc(CCCBr)cc2)oc2c3c(ccc12)OC(C1=CCCC=C1)(c1ccccc1)O3. The maximum atomic E-state index is 13.1. The highest BCUT2D eigenvalue weighted by Gasteiger charge is 2.47. The molecule has 1 atom stereocenters. The Bertz CT molecular complexity index is 1530. The van der Waals surface area contributed by atoms with Crippen molar-refractivity contribution in [2.45, 2.75) is 31.5 Å². The molecule has 0 saturated heterocycles. The zero-order valence-electron chi connectivity index (χ0n) is 19.7. The van der Waals surface area contributed by atoms with Crippen LogP contribution in [0.1, 0.15) is 30.4 Å². The minimum Gasteiger partial charge on any atom is -0.452 e. The summed E-state index contributed by atoms with van der Waals surface area (Å²) < 4.78 is 19.6. The molecule has 180 valence electrons. The molecule has 0 amide bonds. The van der Waals surface area contributed by atoms with E-state index in [1.54, 1.807) is 18.2 Å². The van der Waals surface area contributed by atoms with Crippen LogP contribution in [0.3, 0.4) is 0 Å². The number of alkyl halides is 1. The lowest BCUT2D eigenvalue weighted by atomic mass is 9.93. The Hall–Kier alpha value is -3.57. The van der Waals surface area contributed by atoms with Gasteiger partial charge >= 0.3 is 5.79 Å². The second kappa shape index (κ2) is 9.47. The summed E-state index contributed by atoms with van der Waals surface area (Å²) in [6.07, 6.45) is 10.3. The Kier molecular flexibility index (Phi) is 6.02. The first-order valence-corrected chi connectivity index (χ1v) is 13.4. The summed E-state index contributed by atoms with van der Waals surface area (Å²) in [6, 6.07) is 23.2. The van der Waals surface area contributed by atoms with E-state index in [1.807, 2.05) is 42.5 Å². The molecule has 5 heteroatoms. The average molecular weight is 541 g/mol. The highest BCUT2D eigenvalue weighted by molar-refractivity contribution is 9.09. The van der Waals surface area contributed by atoms with Crippen LogP contribution < -0.4 is 14.9 Å². The van der Waals surface area contributed by atoms with Crippen molar-refractivity contribution >= 4 is 26.9 Å². The number of fused-ring (bicyclic) bond motifs is 3. The predicted octanol–water partition coefficient (Wildman–Crippen LogP) is 7.69. The number of halogens is 1. The first kappa shape index (κ1) is 22.9. The van der Waals surface area contributed by atoms with Gasteiger partial charge in [0.25, 0.3) is 0 Å². The van der Waals surface area contributed by atoms with E-state index in [9.17, 15) is 4.79 Å². The van der Waals surface area contributed by atoms with Gasteiger partial charge in [0.1, 0.15) is 5.76 Å². The van der Waals surface area contributed by atoms with Crippen LogP contribution in [-0.2, 0) is 12.2 Å². The first-order valence-electron chi connectivity index (χ1n) is 12.2. The second-order valence-corrected chi connectivity index (χ2v) is 9.85. The van der Waals surface area contributed by atoms with E-state index in [1.165, 1.54) is 5.56 Å². The Balaban J connectivity index is 1.46. The first-order chi connectivity index (χ1) is 17.7. The maximum absolute atomic E-state index is 13.1. The van der Waals surface area contributed by atoms with E-state index in [2.05, 4.69) is 46.3 Å². The zero-order valence-corrected chi connectivity index (χ0v) is 21.3. The molecule has 0 N–H and O–H groups in total. The Morgan fingerprint density at radius 2 is 1.75 bits per heavy atom. The van der Waals surface area contributed by atoms with Gasteiger partial charge in [0.05, 0.1) is 5.39 Å². The van der Waals surface area contributed by atoms with E-state index in [0.29, 0.717) is 28.2 Å². The van der Waals surface area contributed by atoms with Gasteiger partial charge < -0.3 is 13.9 Å². The lowest BCUT2D eigenvalue weighted by molar-refractivity contribution is -0.0468. The number of rotatable bonds is 6. The van der Waals surface area contributed by atoms with Gasteiger partial charge in [-0.3, -0.25) is 4.79 Å². The second-order valence-electron chi connectivity index (χ2n) is 9.06. The average Bonchev–Trinajstić information content (AvgIpc) is 3.35. The fraction of sp³-hybridized carbons (Fsp3) is 0.194. The fourth-order valence-electron chi connectivity index (χ4n) is 4.84. The molecule has 2 heterocycles. The van der Waals surface area contributed by atoms with Crippen LogP contribution in [0.4, 0.5) is 0 Å². The van der Waals surface area contributed by atoms with Crippen molar-refractivity contribution in [3.05, 3.63) is 118 Å². The van der Waals surface area contributed by atoms with Crippen LogP contribution in [0.5, 0.6) is 11.5 Å². The van der Waals surface area contributed by atoms with E-state index in [-0.39, 0.29) is 5.43 Å². The number of hydrogen-bond acceptors (Lipinski definition) is 4. The standard InChI is InChI=1S/C31H25BrO4/c32-19-7-8-21-13-15-22(16-14-21)28-20-26(33)25-17-18-27-30(29(25)34-28)36-31(35-27,23-9-3-1-4-10-23)24-11-5-2-6-12-24/h1,3-5,9-18,20H,2,6-8,19H2. The topological polar surface area (TPSA) is 48.7 Å². The molecular weight excluding hydrogens is 516 g/mol. The summed E-state index contributed by atoms with van der Waals surface area (Å²) in [7, 11) is 0. The molecule has 3 aromatic carbocycles. The number of allylic oxidation sites excluding steroid dienone is 2. The summed E-state index contributed by atoms with van der Waals surface area (Å²) in [6.45, 7) is 0. The Morgan fingerprint density at radius 1 is 0.917 bits per heavy atom. The molecular formula is C31H25BrO4. The lowest BCUT2D eigenvalue weighted by Crippen LogP contribution is -2.37. The van der Waals surface area contributed by atoms with Crippen LogP contribution in [0.25, 0.3) is 22.3 Å². The van der Waals surface area contributed by atoms with Crippen molar-refractivity contribution in [3.8, 4) is 22.8 Å². The van der Waals surface area contributed by atoms with Crippen LogP contribution in [-0.4, -0.2) is 5.33 Å². The predicted molar refractivity (Wildman–Crippen MR) is 146 cm³/mol. The number of hydrogen-bond donors (Lipinski definition) is 0. The smallest absolute Gasteiger partial charge is 0.305 e. The molecule has 1 unspecified atom stereocenters. The summed E-state index contributed by atoms with van der Waals surface area (Å²) in [4.78, 5) is 13.1. The molecule has 1 aliphatic carbocycles. The van der Waals surface area contributed by atoms with Gasteiger partial charge in [0.15, 0.2) is 16.8 Å². The van der Waals surface area contributed by atoms with Gasteiger partial charge in [0.2, 0.25) is 5.75 Å². The van der Waals surface area contributed by atoms with E-state index in [0.717, 1.165) is 47.7 Å². The van der Waals surface area contributed by atoms with Gasteiger partial charge in [-0.1, -0.05) is 88.8 Å². The minimum absolute atomic E-state index is 0.116. The van der Waals surface area contributed by atoms with Crippen molar-refractivity contribution in [2.24, 2.45) is 0 Å². The monoisotopic (exact) mass is 540 g/mol. The van der Waals surface area contributed by atoms with Crippen molar-refractivity contribution in [3.63, 3.8) is 0 Å². The summed E-state index contributed by atoms with van der Waals surface area (Å²) in [5, 5.41) is 1.44. The molecule has 0 saturated carbocycles. The molecule has 1 aromatic heterocycles. The highest BCUT2D eigenvalue weighted by Crippen LogP contribution is 2.51. The van der Waals surface area contributed by atoms with Crippen molar-refractivity contribution in [2.75, 3.05) is 5.33 Å². The van der Waals surface area contributed by atoms with Crippen LogP contribution in [0, 0.1) is 0 Å². The molecule has 6 rings (SSSR count). The Morgan fingerprint density at radius 3 is 2.50 bits per heavy atom. The van der Waals surface area contributed by atoms with Crippen molar-refractivity contribution < 1.29 is 13.9 Å². The van der Waals surface area contributed by atoms with Crippen LogP contribution in [0.15, 0.2) is 106 Å². The summed E-state index contributed by atoms with van der Waals surface area (Å²) in [5.74, 6) is 0.367. The lowest BCUT2D eigenvalue weighted by Gasteiger charge is -2.30. The van der Waals surface area contributed by atoms with Crippen molar-refractivity contribution in [1.82, 2.24) is 0 Å². The third-order valence-electron chi connectivity index (χ3n) is 6.68. The number of ether oxygens (including phenoxy) is 2. The highest BCUT2D eigenvalue weighted by atomic mass is 79.9. The molecule has 1 aliphatic heterocycles. The third-order valence-corrected chi connectivity index (χ3v) is 7.24.